The normalized spacial score (nSPS) is 14.8. The highest BCUT2D eigenvalue weighted by Gasteiger charge is 2.20. The van der Waals surface area contributed by atoms with Crippen molar-refractivity contribution in [1.29, 1.82) is 0 Å². The van der Waals surface area contributed by atoms with Gasteiger partial charge < -0.3 is 5.32 Å². The zero-order valence-electron chi connectivity index (χ0n) is 10.9. The first-order chi connectivity index (χ1) is 9.22. The van der Waals surface area contributed by atoms with Gasteiger partial charge in [-0.25, -0.2) is 4.68 Å². The molecule has 100 valence electrons. The van der Waals surface area contributed by atoms with Crippen molar-refractivity contribution in [3.05, 3.63) is 40.1 Å². The number of hydrogen-bond donors (Lipinski definition) is 1. The molecule has 5 heteroatoms. The van der Waals surface area contributed by atoms with Crippen molar-refractivity contribution >= 4 is 15.9 Å². The van der Waals surface area contributed by atoms with Crippen LogP contribution >= 0.6 is 15.9 Å². The maximum Gasteiger partial charge on any atom is 0.0969 e. The Morgan fingerprint density at radius 1 is 1.42 bits per heavy atom. The third-order valence-electron chi connectivity index (χ3n) is 3.40. The summed E-state index contributed by atoms with van der Waals surface area (Å²) >= 11 is 3.54. The van der Waals surface area contributed by atoms with Crippen LogP contribution in [0.3, 0.4) is 0 Å². The summed E-state index contributed by atoms with van der Waals surface area (Å²) in [5.41, 5.74) is 3.23. The molecule has 0 bridgehead atoms. The minimum atomic E-state index is 0.795. The van der Waals surface area contributed by atoms with Crippen LogP contribution < -0.4 is 5.32 Å². The standard InChI is InChI=1S/C14H17BrN4/c1-10-2-5-13(6-14(10)15)19-9-12(17-18-19)8-16-7-11-3-4-11/h2,5-6,9,11,16H,3-4,7-8H2,1H3. The van der Waals surface area contributed by atoms with Crippen LogP contribution in [0.4, 0.5) is 0 Å². The topological polar surface area (TPSA) is 42.7 Å². The molecule has 2 aromatic rings. The Morgan fingerprint density at radius 3 is 3.00 bits per heavy atom. The molecule has 1 aromatic heterocycles. The molecule has 0 radical (unpaired) electrons. The summed E-state index contributed by atoms with van der Waals surface area (Å²) < 4.78 is 2.91. The van der Waals surface area contributed by atoms with E-state index in [-0.39, 0.29) is 0 Å². The van der Waals surface area contributed by atoms with E-state index in [2.05, 4.69) is 56.7 Å². The third kappa shape index (κ3) is 3.22. The first-order valence-electron chi connectivity index (χ1n) is 6.61. The van der Waals surface area contributed by atoms with Gasteiger partial charge in [0.05, 0.1) is 17.6 Å². The first-order valence-corrected chi connectivity index (χ1v) is 7.40. The lowest BCUT2D eigenvalue weighted by molar-refractivity contribution is 0.628. The summed E-state index contributed by atoms with van der Waals surface area (Å²) in [6.45, 7) is 3.97. The fraction of sp³-hybridized carbons (Fsp3) is 0.429. The van der Waals surface area contributed by atoms with E-state index in [0.717, 1.165) is 34.9 Å². The number of nitrogens with one attached hydrogen (secondary N) is 1. The van der Waals surface area contributed by atoms with Crippen LogP contribution in [0.5, 0.6) is 0 Å². The summed E-state index contributed by atoms with van der Waals surface area (Å²) in [7, 11) is 0. The maximum absolute atomic E-state index is 4.20. The number of halogens is 1. The number of aryl methyl sites for hydroxylation is 1. The quantitative estimate of drug-likeness (QED) is 0.921. The van der Waals surface area contributed by atoms with Gasteiger partial charge in [0.2, 0.25) is 0 Å². The summed E-state index contributed by atoms with van der Waals surface area (Å²) in [6.07, 6.45) is 4.73. The molecule has 1 N–H and O–H groups in total. The Bertz CT molecular complexity index is 575. The van der Waals surface area contributed by atoms with E-state index >= 15 is 0 Å². The van der Waals surface area contributed by atoms with Crippen LogP contribution in [-0.2, 0) is 6.54 Å². The molecule has 0 spiro atoms. The van der Waals surface area contributed by atoms with E-state index in [0.29, 0.717) is 0 Å². The van der Waals surface area contributed by atoms with Gasteiger partial charge in [-0.1, -0.05) is 27.2 Å². The zero-order valence-corrected chi connectivity index (χ0v) is 12.5. The molecular formula is C14H17BrN4. The van der Waals surface area contributed by atoms with Crippen molar-refractivity contribution in [2.24, 2.45) is 5.92 Å². The fourth-order valence-corrected chi connectivity index (χ4v) is 2.32. The van der Waals surface area contributed by atoms with Gasteiger partial charge >= 0.3 is 0 Å². The SMILES string of the molecule is Cc1ccc(-n2cc(CNCC3CC3)nn2)cc1Br. The highest BCUT2D eigenvalue weighted by Crippen LogP contribution is 2.27. The van der Waals surface area contributed by atoms with Crippen LogP contribution in [-0.4, -0.2) is 21.5 Å². The Balaban J connectivity index is 1.67. The number of aromatic nitrogens is 3. The highest BCUT2D eigenvalue weighted by atomic mass is 79.9. The molecule has 0 saturated heterocycles. The predicted molar refractivity (Wildman–Crippen MR) is 78.2 cm³/mol. The van der Waals surface area contributed by atoms with Crippen molar-refractivity contribution in [3.8, 4) is 5.69 Å². The number of benzene rings is 1. The van der Waals surface area contributed by atoms with Gasteiger partial charge in [0, 0.05) is 11.0 Å². The van der Waals surface area contributed by atoms with Crippen LogP contribution in [0.15, 0.2) is 28.9 Å². The second-order valence-electron chi connectivity index (χ2n) is 5.16. The fourth-order valence-electron chi connectivity index (χ4n) is 1.96. The van der Waals surface area contributed by atoms with Gasteiger partial charge in [-0.05, 0) is 49.9 Å². The van der Waals surface area contributed by atoms with Crippen molar-refractivity contribution in [1.82, 2.24) is 20.3 Å². The average Bonchev–Trinajstić information content (AvgIpc) is 3.10. The molecule has 0 amide bonds. The molecule has 1 aliphatic rings. The average molecular weight is 321 g/mol. The van der Waals surface area contributed by atoms with E-state index < -0.39 is 0 Å². The number of hydrogen-bond acceptors (Lipinski definition) is 3. The minimum absolute atomic E-state index is 0.795. The van der Waals surface area contributed by atoms with Gasteiger partial charge in [0.15, 0.2) is 0 Å². The summed E-state index contributed by atoms with van der Waals surface area (Å²) in [6, 6.07) is 6.19. The Labute approximate surface area is 121 Å². The molecule has 0 unspecified atom stereocenters. The summed E-state index contributed by atoms with van der Waals surface area (Å²) in [4.78, 5) is 0. The molecule has 19 heavy (non-hydrogen) atoms. The van der Waals surface area contributed by atoms with Crippen LogP contribution in [0.2, 0.25) is 0 Å². The zero-order chi connectivity index (χ0) is 13.2. The molecule has 0 aliphatic heterocycles. The second-order valence-corrected chi connectivity index (χ2v) is 6.02. The largest absolute Gasteiger partial charge is 0.311 e. The summed E-state index contributed by atoms with van der Waals surface area (Å²) in [5.74, 6) is 0.892. The first kappa shape index (κ1) is 12.8. The highest BCUT2D eigenvalue weighted by molar-refractivity contribution is 9.10. The molecule has 1 aliphatic carbocycles. The second kappa shape index (κ2) is 5.43. The smallest absolute Gasteiger partial charge is 0.0969 e. The molecule has 1 saturated carbocycles. The summed E-state index contributed by atoms with van der Waals surface area (Å²) in [5, 5.41) is 11.8. The number of rotatable bonds is 5. The molecular weight excluding hydrogens is 304 g/mol. The monoisotopic (exact) mass is 320 g/mol. The third-order valence-corrected chi connectivity index (χ3v) is 4.25. The van der Waals surface area contributed by atoms with Crippen LogP contribution in [0, 0.1) is 12.8 Å². The van der Waals surface area contributed by atoms with Crippen LogP contribution in [0.25, 0.3) is 5.69 Å². The van der Waals surface area contributed by atoms with Crippen molar-refractivity contribution in [2.45, 2.75) is 26.3 Å². The maximum atomic E-state index is 4.20. The molecule has 1 fully saturated rings. The van der Waals surface area contributed by atoms with Crippen molar-refractivity contribution < 1.29 is 0 Å². The molecule has 1 aromatic carbocycles. The minimum Gasteiger partial charge on any atom is -0.311 e. The van der Waals surface area contributed by atoms with Crippen molar-refractivity contribution in [2.75, 3.05) is 6.54 Å². The van der Waals surface area contributed by atoms with Gasteiger partial charge in [-0.3, -0.25) is 0 Å². The van der Waals surface area contributed by atoms with E-state index in [1.165, 1.54) is 18.4 Å². The van der Waals surface area contributed by atoms with Gasteiger partial charge in [0.1, 0.15) is 0 Å². The lowest BCUT2D eigenvalue weighted by atomic mass is 10.2. The van der Waals surface area contributed by atoms with Crippen molar-refractivity contribution in [3.63, 3.8) is 0 Å². The Morgan fingerprint density at radius 2 is 2.26 bits per heavy atom. The van der Waals surface area contributed by atoms with E-state index in [4.69, 9.17) is 0 Å². The predicted octanol–water partition coefficient (Wildman–Crippen LogP) is 2.84. The van der Waals surface area contributed by atoms with E-state index in [1.807, 2.05) is 10.9 Å². The number of nitrogens with zero attached hydrogens (tertiary/aromatic N) is 3. The Hall–Kier alpha value is -1.20. The molecule has 1 heterocycles. The van der Waals surface area contributed by atoms with Gasteiger partial charge in [-0.15, -0.1) is 5.10 Å². The van der Waals surface area contributed by atoms with Crippen LogP contribution in [0.1, 0.15) is 24.1 Å². The molecule has 3 rings (SSSR count). The Kier molecular flexibility index (Phi) is 3.66. The van der Waals surface area contributed by atoms with Gasteiger partial charge in [0.25, 0.3) is 0 Å². The van der Waals surface area contributed by atoms with E-state index in [1.54, 1.807) is 0 Å². The lowest BCUT2D eigenvalue weighted by Crippen LogP contribution is -2.16. The van der Waals surface area contributed by atoms with Gasteiger partial charge in [-0.2, -0.15) is 0 Å². The van der Waals surface area contributed by atoms with E-state index in [9.17, 15) is 0 Å². The lowest BCUT2D eigenvalue weighted by Gasteiger charge is -2.03. The molecule has 0 atom stereocenters. The molecule has 4 nitrogen and oxygen atoms in total.